The summed E-state index contributed by atoms with van der Waals surface area (Å²) in [5.74, 6) is 0. The molecule has 1 N–H and O–H groups in total. The van der Waals surface area contributed by atoms with E-state index in [1.165, 1.54) is 5.56 Å². The second-order valence-corrected chi connectivity index (χ2v) is 6.80. The molecule has 0 aliphatic heterocycles. The number of halogens is 3. The van der Waals surface area contributed by atoms with Crippen LogP contribution in [0.4, 0.5) is 8.78 Å². The molecular weight excluding hydrogens is 330 g/mol. The van der Waals surface area contributed by atoms with E-state index in [1.54, 1.807) is 0 Å². The maximum absolute atomic E-state index is 12.2. The zero-order chi connectivity index (χ0) is 14.3. The van der Waals surface area contributed by atoms with Crippen molar-refractivity contribution in [1.82, 2.24) is 0 Å². The monoisotopic (exact) mass is 346 g/mol. The number of aliphatic hydroxyl groups is 1. The summed E-state index contributed by atoms with van der Waals surface area (Å²) in [7, 11) is 0. The molecule has 110 valence electrons. The third kappa shape index (κ3) is 2.51. The van der Waals surface area contributed by atoms with Gasteiger partial charge in [-0.3, -0.25) is 0 Å². The van der Waals surface area contributed by atoms with Gasteiger partial charge in [0, 0.05) is 9.89 Å². The molecule has 0 amide bonds. The Hall–Kier alpha value is -0.520. The predicted molar refractivity (Wildman–Crippen MR) is 74.6 cm³/mol. The van der Waals surface area contributed by atoms with Gasteiger partial charge in [-0.15, -0.1) is 0 Å². The summed E-state index contributed by atoms with van der Waals surface area (Å²) >= 11 is 3.43. The van der Waals surface area contributed by atoms with Gasteiger partial charge in [0.2, 0.25) is 0 Å². The molecule has 5 heteroatoms. The molecule has 1 fully saturated rings. The fourth-order valence-electron chi connectivity index (χ4n) is 3.69. The lowest BCUT2D eigenvalue weighted by molar-refractivity contribution is -0.178. The summed E-state index contributed by atoms with van der Waals surface area (Å²) in [6, 6.07) is 5.99. The van der Waals surface area contributed by atoms with Gasteiger partial charge in [0.1, 0.15) is 0 Å². The quantitative estimate of drug-likeness (QED) is 0.869. The number of fused-ring (bicyclic) bond motifs is 1. The Morgan fingerprint density at radius 1 is 1.30 bits per heavy atom. The fraction of sp³-hybridized carbons (Fsp3) is 0.600. The molecule has 1 atom stereocenters. The average molecular weight is 347 g/mol. The molecule has 0 heterocycles. The largest absolute Gasteiger partial charge is 0.388 e. The summed E-state index contributed by atoms with van der Waals surface area (Å²) in [5.41, 5.74) is 1.96. The molecule has 1 aromatic carbocycles. The minimum atomic E-state index is -2.70. The number of rotatable bonds is 2. The lowest BCUT2D eigenvalue weighted by Crippen LogP contribution is -2.35. The molecule has 0 aromatic heterocycles. The van der Waals surface area contributed by atoms with Crippen LogP contribution in [0.1, 0.15) is 42.9 Å². The van der Waals surface area contributed by atoms with Crippen molar-refractivity contribution in [1.29, 1.82) is 0 Å². The number of benzene rings is 1. The summed E-state index contributed by atoms with van der Waals surface area (Å²) < 4.78 is 30.1. The van der Waals surface area contributed by atoms with Crippen LogP contribution in [0.2, 0.25) is 0 Å². The van der Waals surface area contributed by atoms with Crippen molar-refractivity contribution in [2.24, 2.45) is 5.41 Å². The third-order valence-electron chi connectivity index (χ3n) is 4.75. The highest BCUT2D eigenvalue weighted by Gasteiger charge is 2.47. The first-order valence-electron chi connectivity index (χ1n) is 6.90. The van der Waals surface area contributed by atoms with Crippen molar-refractivity contribution in [3.05, 3.63) is 33.8 Å². The maximum Gasteiger partial charge on any atom is 0.345 e. The Labute approximate surface area is 125 Å². The second kappa shape index (κ2) is 5.35. The first-order valence-corrected chi connectivity index (χ1v) is 7.69. The van der Waals surface area contributed by atoms with Crippen molar-refractivity contribution in [2.75, 3.05) is 0 Å². The normalized spacial score (nSPS) is 32.9. The Morgan fingerprint density at radius 3 is 2.65 bits per heavy atom. The highest BCUT2D eigenvalue weighted by Crippen LogP contribution is 2.54. The summed E-state index contributed by atoms with van der Waals surface area (Å²) in [4.78, 5) is 0. The van der Waals surface area contributed by atoms with Gasteiger partial charge in [-0.25, -0.2) is 0 Å². The first kappa shape index (κ1) is 14.4. The van der Waals surface area contributed by atoms with E-state index in [2.05, 4.69) is 20.7 Å². The highest BCUT2D eigenvalue weighted by molar-refractivity contribution is 9.10. The van der Waals surface area contributed by atoms with E-state index >= 15 is 0 Å². The topological polar surface area (TPSA) is 29.5 Å². The second-order valence-electron chi connectivity index (χ2n) is 5.88. The third-order valence-corrected chi connectivity index (χ3v) is 5.24. The Kier molecular flexibility index (Phi) is 3.86. The van der Waals surface area contributed by atoms with Crippen LogP contribution in [-0.2, 0) is 11.2 Å². The molecule has 1 spiro atoms. The van der Waals surface area contributed by atoms with Crippen LogP contribution in [0, 0.1) is 5.41 Å². The Balaban J connectivity index is 1.74. The van der Waals surface area contributed by atoms with Crippen molar-refractivity contribution >= 4 is 15.9 Å². The molecule has 0 bridgehead atoms. The number of alkyl halides is 2. The standard InChI is InChI=1S/C15H17BrF2O2/c16-10-2-1-9-8-15(13(19)12(9)7-10)5-3-11(4-6-15)20-14(17)18/h1-2,7,11,13-14,19H,3-6,8H2. The predicted octanol–water partition coefficient (Wildman–Crippen LogP) is 4.21. The van der Waals surface area contributed by atoms with Crippen LogP contribution in [0.15, 0.2) is 22.7 Å². The first-order chi connectivity index (χ1) is 9.50. The van der Waals surface area contributed by atoms with Crippen LogP contribution >= 0.6 is 15.9 Å². The van der Waals surface area contributed by atoms with Crippen molar-refractivity contribution in [2.45, 2.75) is 50.9 Å². The zero-order valence-electron chi connectivity index (χ0n) is 11.0. The van der Waals surface area contributed by atoms with E-state index in [0.717, 1.165) is 29.3 Å². The van der Waals surface area contributed by atoms with Crippen LogP contribution in [-0.4, -0.2) is 17.8 Å². The van der Waals surface area contributed by atoms with E-state index in [4.69, 9.17) is 0 Å². The smallest absolute Gasteiger partial charge is 0.345 e. The van der Waals surface area contributed by atoms with Gasteiger partial charge in [-0.2, -0.15) is 8.78 Å². The number of ether oxygens (including phenoxy) is 1. The maximum atomic E-state index is 12.2. The summed E-state index contributed by atoms with van der Waals surface area (Å²) in [6.45, 7) is -2.70. The zero-order valence-corrected chi connectivity index (χ0v) is 12.6. The highest BCUT2D eigenvalue weighted by atomic mass is 79.9. The van der Waals surface area contributed by atoms with Crippen molar-refractivity contribution < 1.29 is 18.6 Å². The molecule has 1 unspecified atom stereocenters. The molecule has 0 radical (unpaired) electrons. The van der Waals surface area contributed by atoms with Gasteiger partial charge in [-0.1, -0.05) is 22.0 Å². The minimum absolute atomic E-state index is 0.189. The van der Waals surface area contributed by atoms with Gasteiger partial charge >= 0.3 is 6.61 Å². The lowest BCUT2D eigenvalue weighted by atomic mass is 9.69. The molecule has 2 aliphatic rings. The van der Waals surface area contributed by atoms with E-state index in [9.17, 15) is 13.9 Å². The molecule has 2 nitrogen and oxygen atoms in total. The molecule has 20 heavy (non-hydrogen) atoms. The molecule has 2 aliphatic carbocycles. The summed E-state index contributed by atoms with van der Waals surface area (Å²) in [5, 5.41) is 10.6. The SMILES string of the molecule is OC1c2cc(Br)ccc2CC12CCC(OC(F)F)CC2. The van der Waals surface area contributed by atoms with Crippen molar-refractivity contribution in [3.8, 4) is 0 Å². The van der Waals surface area contributed by atoms with Crippen LogP contribution in [0.5, 0.6) is 0 Å². The number of hydrogen-bond acceptors (Lipinski definition) is 2. The van der Waals surface area contributed by atoms with Crippen LogP contribution in [0.25, 0.3) is 0 Å². The molecule has 0 saturated heterocycles. The average Bonchev–Trinajstić information content (AvgIpc) is 2.66. The molecule has 1 aromatic rings. The lowest BCUT2D eigenvalue weighted by Gasteiger charge is -2.39. The Bertz CT molecular complexity index is 499. The van der Waals surface area contributed by atoms with Gasteiger partial charge in [0.15, 0.2) is 0 Å². The number of hydrogen-bond donors (Lipinski definition) is 1. The number of aliphatic hydroxyl groups excluding tert-OH is 1. The van der Waals surface area contributed by atoms with E-state index in [-0.39, 0.29) is 11.5 Å². The fourth-order valence-corrected chi connectivity index (χ4v) is 4.06. The van der Waals surface area contributed by atoms with E-state index < -0.39 is 12.7 Å². The van der Waals surface area contributed by atoms with E-state index in [0.29, 0.717) is 12.8 Å². The van der Waals surface area contributed by atoms with Crippen LogP contribution in [0.3, 0.4) is 0 Å². The Morgan fingerprint density at radius 2 is 2.00 bits per heavy atom. The minimum Gasteiger partial charge on any atom is -0.388 e. The van der Waals surface area contributed by atoms with Crippen LogP contribution < -0.4 is 0 Å². The summed E-state index contributed by atoms with van der Waals surface area (Å²) in [6.07, 6.45) is 2.62. The van der Waals surface area contributed by atoms with Crippen molar-refractivity contribution in [3.63, 3.8) is 0 Å². The van der Waals surface area contributed by atoms with Gasteiger partial charge in [-0.05, 0) is 55.4 Å². The van der Waals surface area contributed by atoms with E-state index in [1.807, 2.05) is 18.2 Å². The van der Waals surface area contributed by atoms with Gasteiger partial charge in [0.25, 0.3) is 0 Å². The molecule has 1 saturated carbocycles. The van der Waals surface area contributed by atoms with Gasteiger partial charge in [0.05, 0.1) is 12.2 Å². The van der Waals surface area contributed by atoms with Gasteiger partial charge < -0.3 is 9.84 Å². The molecule has 3 rings (SSSR count). The molecular formula is C15H17BrF2O2.